The largest absolute Gasteiger partial charge is 4.00 e. The molecule has 0 radical (unpaired) electrons. The molecule has 81 heavy (non-hydrogen) atoms. The van der Waals surface area contributed by atoms with Gasteiger partial charge in [-0.05, 0) is 75.7 Å². The Morgan fingerprint density at radius 3 is 0.395 bits per heavy atom. The Hall–Kier alpha value is -2.28. The molecule has 0 N–H and O–H groups in total. The van der Waals surface area contributed by atoms with Crippen molar-refractivity contribution in [2.75, 3.05) is 0 Å². The van der Waals surface area contributed by atoms with E-state index >= 15 is 0 Å². The van der Waals surface area contributed by atoms with E-state index in [0.29, 0.717) is 0 Å². The van der Waals surface area contributed by atoms with Crippen molar-refractivity contribution >= 4 is 23.9 Å². The average Bonchev–Trinajstić information content (AvgIpc) is 3.43. The number of carbonyl (C=O) groups is 4. The van der Waals surface area contributed by atoms with Gasteiger partial charge in [-0.3, -0.25) is 0 Å². The van der Waals surface area contributed by atoms with Gasteiger partial charge in [0.15, 0.2) is 0 Å². The number of carbonyl (C=O) groups excluding carboxylic acids is 4. The summed E-state index contributed by atoms with van der Waals surface area (Å²) in [5.41, 5.74) is 0. The summed E-state index contributed by atoms with van der Waals surface area (Å²) < 4.78 is 0. The minimum Gasteiger partial charge on any atom is -0.545 e. The van der Waals surface area contributed by atoms with E-state index in [1.54, 1.807) is 24.3 Å². The van der Waals surface area contributed by atoms with Gasteiger partial charge < -0.3 is 39.6 Å². The van der Waals surface area contributed by atoms with E-state index < -0.39 is 23.9 Å². The molecule has 0 heterocycles. The van der Waals surface area contributed by atoms with Crippen LogP contribution in [-0.4, -0.2) is 23.9 Å². The third-order valence-electron chi connectivity index (χ3n) is 14.9. The molecule has 0 aliphatic heterocycles. The van der Waals surface area contributed by atoms with Gasteiger partial charge in [0.1, 0.15) is 0 Å². The monoisotopic (exact) mass is 1210 g/mol. The minimum atomic E-state index is -1.08. The molecule has 0 aliphatic rings. The van der Waals surface area contributed by atoms with Crippen LogP contribution in [0.25, 0.3) is 0 Å². The standard InChI is InChI=1S/4C18H34O2.Zr/c4*1-2-3-4-5-6-7-8-9-10-11-12-13-14-15-16-17-18(19)20;/h4*16-17H,2-15H2,1H3,(H,19,20);/q;;;;+4/p-4. The van der Waals surface area contributed by atoms with Crippen molar-refractivity contribution in [1.29, 1.82) is 0 Å². The van der Waals surface area contributed by atoms with Gasteiger partial charge >= 0.3 is 26.2 Å². The number of unbranched alkanes of at least 4 members (excludes halogenated alkanes) is 52. The maximum atomic E-state index is 10.1. The van der Waals surface area contributed by atoms with Gasteiger partial charge in [0.05, 0.1) is 23.9 Å². The van der Waals surface area contributed by atoms with Gasteiger partial charge in [0.2, 0.25) is 0 Å². The van der Waals surface area contributed by atoms with Crippen molar-refractivity contribution in [1.82, 2.24) is 0 Å². The summed E-state index contributed by atoms with van der Waals surface area (Å²) in [6, 6.07) is 0. The molecule has 0 saturated carbocycles. The first-order valence-corrected chi connectivity index (χ1v) is 34.6. The van der Waals surface area contributed by atoms with Gasteiger partial charge in [0, 0.05) is 0 Å². The van der Waals surface area contributed by atoms with E-state index in [4.69, 9.17) is 0 Å². The smallest absolute Gasteiger partial charge is 0.545 e. The van der Waals surface area contributed by atoms with Crippen molar-refractivity contribution < 1.29 is 65.8 Å². The van der Waals surface area contributed by atoms with Crippen LogP contribution in [0, 0.1) is 0 Å². The fourth-order valence-corrected chi connectivity index (χ4v) is 9.84. The second-order valence-corrected chi connectivity index (χ2v) is 23.0. The van der Waals surface area contributed by atoms with E-state index in [1.165, 1.54) is 308 Å². The molecule has 0 aromatic carbocycles. The van der Waals surface area contributed by atoms with Crippen molar-refractivity contribution in [2.45, 2.75) is 387 Å². The molecule has 0 aromatic heterocycles. The van der Waals surface area contributed by atoms with Crippen molar-refractivity contribution in [2.24, 2.45) is 0 Å². The van der Waals surface area contributed by atoms with E-state index in [1.807, 2.05) is 0 Å². The third-order valence-corrected chi connectivity index (χ3v) is 14.9. The molecule has 0 unspecified atom stereocenters. The van der Waals surface area contributed by atoms with Crippen molar-refractivity contribution in [3.63, 3.8) is 0 Å². The Morgan fingerprint density at radius 2 is 0.296 bits per heavy atom. The number of hydrogen-bond donors (Lipinski definition) is 0. The van der Waals surface area contributed by atoms with Gasteiger partial charge in [-0.1, -0.05) is 360 Å². The first-order valence-electron chi connectivity index (χ1n) is 34.6. The Bertz CT molecular complexity index is 1140. The molecular weight excluding hydrogens is 1080 g/mol. The average molecular weight is 1220 g/mol. The summed E-state index contributed by atoms with van der Waals surface area (Å²) >= 11 is 0. The SMILES string of the molecule is CCCCCCCCCCCCCCCC=CC(=O)[O-].CCCCCCCCCCCCCCCC=CC(=O)[O-].CCCCCCCCCCCCCCCC=CC(=O)[O-].CCCCCCCCCCCCCCCC=CC(=O)[O-].[Zr+4]. The fraction of sp³-hybridized carbons (Fsp3) is 0.833. The van der Waals surface area contributed by atoms with Crippen molar-refractivity contribution in [3.05, 3.63) is 48.6 Å². The molecule has 472 valence electrons. The van der Waals surface area contributed by atoms with Gasteiger partial charge in [-0.25, -0.2) is 0 Å². The molecule has 0 saturated heterocycles. The zero-order valence-corrected chi connectivity index (χ0v) is 56.4. The quantitative estimate of drug-likeness (QED) is 0.0430. The van der Waals surface area contributed by atoms with Gasteiger partial charge in [-0.15, -0.1) is 0 Å². The van der Waals surface area contributed by atoms with Crippen molar-refractivity contribution in [3.8, 4) is 0 Å². The van der Waals surface area contributed by atoms with Gasteiger partial charge in [0.25, 0.3) is 0 Å². The molecule has 0 aliphatic carbocycles. The summed E-state index contributed by atoms with van der Waals surface area (Å²) in [7, 11) is 0. The Balaban J connectivity index is -0.000000316. The van der Waals surface area contributed by atoms with Crippen LogP contribution in [0.1, 0.15) is 387 Å². The molecule has 8 nitrogen and oxygen atoms in total. The first-order chi connectivity index (χ1) is 39.1. The summed E-state index contributed by atoms with van der Waals surface area (Å²) in [6.07, 6.45) is 84.9. The normalized spacial score (nSPS) is 11.1. The predicted molar refractivity (Wildman–Crippen MR) is 338 cm³/mol. The van der Waals surface area contributed by atoms with Crippen LogP contribution in [0.5, 0.6) is 0 Å². The molecule has 0 rings (SSSR count). The molecule has 0 fully saturated rings. The number of carboxylic acid groups (broad SMARTS) is 4. The Labute approximate surface area is 522 Å². The predicted octanol–water partition coefficient (Wildman–Crippen LogP) is 19.1. The van der Waals surface area contributed by atoms with Crippen LogP contribution >= 0.6 is 0 Å². The van der Waals surface area contributed by atoms with E-state index in [2.05, 4.69) is 27.7 Å². The van der Waals surface area contributed by atoms with E-state index in [0.717, 1.165) is 75.7 Å². The Kier molecular flexibility index (Phi) is 90.9. The summed E-state index contributed by atoms with van der Waals surface area (Å²) in [4.78, 5) is 40.5. The number of carboxylic acids is 4. The number of aliphatic carboxylic acids is 4. The molecule has 0 atom stereocenters. The number of hydrogen-bond acceptors (Lipinski definition) is 8. The second kappa shape index (κ2) is 84.2. The second-order valence-electron chi connectivity index (χ2n) is 23.0. The maximum Gasteiger partial charge on any atom is 4.00 e. The summed E-state index contributed by atoms with van der Waals surface area (Å²) in [5.74, 6) is -4.33. The number of rotatable bonds is 60. The minimum absolute atomic E-state index is 0. The van der Waals surface area contributed by atoms with Crippen LogP contribution < -0.4 is 20.4 Å². The topological polar surface area (TPSA) is 161 Å². The molecule has 0 spiro atoms. The molecule has 0 bridgehead atoms. The van der Waals surface area contributed by atoms with Crippen LogP contribution in [0.4, 0.5) is 0 Å². The Morgan fingerprint density at radius 1 is 0.198 bits per heavy atom. The summed E-state index contributed by atoms with van der Waals surface area (Å²) in [5, 5.41) is 40.5. The van der Waals surface area contributed by atoms with Crippen LogP contribution in [-0.2, 0) is 45.4 Å². The van der Waals surface area contributed by atoms with E-state index in [-0.39, 0.29) is 26.2 Å². The van der Waals surface area contributed by atoms with Gasteiger partial charge in [-0.2, -0.15) is 0 Å². The molecular formula is C72H132O8Zr. The van der Waals surface area contributed by atoms with Crippen LogP contribution in [0.15, 0.2) is 48.6 Å². The first kappa shape index (κ1) is 87.5. The zero-order chi connectivity index (χ0) is 59.6. The zero-order valence-electron chi connectivity index (χ0n) is 54.0. The third kappa shape index (κ3) is 103. The molecule has 0 amide bonds. The molecule has 9 heteroatoms. The number of allylic oxidation sites excluding steroid dienone is 4. The summed E-state index contributed by atoms with van der Waals surface area (Å²) in [6.45, 7) is 9.05. The molecule has 0 aromatic rings. The van der Waals surface area contributed by atoms with Crippen LogP contribution in [0.2, 0.25) is 0 Å². The maximum absolute atomic E-state index is 10.1. The fourth-order valence-electron chi connectivity index (χ4n) is 9.84. The van der Waals surface area contributed by atoms with E-state index in [9.17, 15) is 39.6 Å². The van der Waals surface area contributed by atoms with Crippen LogP contribution in [0.3, 0.4) is 0 Å².